The minimum absolute atomic E-state index is 0.147. The van der Waals surface area contributed by atoms with Crippen molar-refractivity contribution in [1.82, 2.24) is 10.2 Å². The second-order valence-corrected chi connectivity index (χ2v) is 6.70. The Balaban J connectivity index is 2.45. The maximum Gasteiger partial charge on any atom is 0.265 e. The third-order valence-electron chi connectivity index (χ3n) is 3.07. The number of nitrogens with one attached hydrogen (secondary N) is 2. The fourth-order valence-corrected chi connectivity index (χ4v) is 3.79. The van der Waals surface area contributed by atoms with Crippen LogP contribution < -0.4 is 9.46 Å². The minimum Gasteiger partial charge on any atom is -0.495 e. The summed E-state index contributed by atoms with van der Waals surface area (Å²) < 4.78 is 32.6. The molecule has 0 aliphatic heterocycles. The number of hydrogen-bond donors (Lipinski definition) is 2. The van der Waals surface area contributed by atoms with E-state index in [2.05, 4.69) is 14.9 Å². The molecule has 0 radical (unpaired) electrons. The summed E-state index contributed by atoms with van der Waals surface area (Å²) >= 11 is 6.04. The largest absolute Gasteiger partial charge is 0.495 e. The number of hydrogen-bond acceptors (Lipinski definition) is 4. The molecule has 6 nitrogen and oxygen atoms in total. The van der Waals surface area contributed by atoms with Crippen LogP contribution >= 0.6 is 11.6 Å². The van der Waals surface area contributed by atoms with Crippen molar-refractivity contribution in [2.24, 2.45) is 0 Å². The van der Waals surface area contributed by atoms with Gasteiger partial charge in [-0.2, -0.15) is 5.10 Å². The number of benzene rings is 1. The standard InChI is InChI=1S/C13H16ClN3O3S/c1-7-5-12(20-4)10(14)6-11(7)17-21(18,19)13-8(2)15-16-9(13)3/h5-6,17H,1-4H3,(H,15,16). The van der Waals surface area contributed by atoms with Gasteiger partial charge in [0.05, 0.1) is 29.2 Å². The molecule has 2 rings (SSSR count). The molecule has 21 heavy (non-hydrogen) atoms. The number of H-pyrrole nitrogens is 1. The monoisotopic (exact) mass is 329 g/mol. The van der Waals surface area contributed by atoms with Gasteiger partial charge in [0.15, 0.2) is 0 Å². The Labute approximate surface area is 128 Å². The van der Waals surface area contributed by atoms with Crippen molar-refractivity contribution in [2.75, 3.05) is 11.8 Å². The molecule has 0 unspecified atom stereocenters. The number of aromatic amines is 1. The molecule has 0 aliphatic carbocycles. The van der Waals surface area contributed by atoms with Gasteiger partial charge in [-0.05, 0) is 38.5 Å². The zero-order valence-corrected chi connectivity index (χ0v) is 13.7. The van der Waals surface area contributed by atoms with Gasteiger partial charge in [0, 0.05) is 0 Å². The third kappa shape index (κ3) is 2.98. The first-order valence-electron chi connectivity index (χ1n) is 6.14. The number of anilines is 1. The molecule has 2 aromatic rings. The number of halogens is 1. The van der Waals surface area contributed by atoms with Gasteiger partial charge < -0.3 is 4.74 Å². The summed E-state index contributed by atoms with van der Waals surface area (Å²) in [5.74, 6) is 0.493. The van der Waals surface area contributed by atoms with Crippen molar-refractivity contribution >= 4 is 27.3 Å². The third-order valence-corrected chi connectivity index (χ3v) is 5.00. The van der Waals surface area contributed by atoms with E-state index in [1.807, 2.05) is 0 Å². The molecule has 0 spiro atoms. The minimum atomic E-state index is -3.73. The Hall–Kier alpha value is -1.73. The van der Waals surface area contributed by atoms with Crippen LogP contribution in [0.1, 0.15) is 17.0 Å². The Morgan fingerprint density at radius 2 is 1.95 bits per heavy atom. The zero-order valence-electron chi connectivity index (χ0n) is 12.1. The topological polar surface area (TPSA) is 84.1 Å². The quantitative estimate of drug-likeness (QED) is 0.903. The number of ether oxygens (including phenoxy) is 1. The molecule has 0 atom stereocenters. The summed E-state index contributed by atoms with van der Waals surface area (Å²) in [5, 5.41) is 6.89. The van der Waals surface area contributed by atoms with Crippen LogP contribution in [0, 0.1) is 20.8 Å². The summed E-state index contributed by atoms with van der Waals surface area (Å²) in [6.45, 7) is 5.06. The van der Waals surface area contributed by atoms with Gasteiger partial charge in [0.1, 0.15) is 10.6 Å². The average molecular weight is 330 g/mol. The van der Waals surface area contributed by atoms with Crippen LogP contribution in [-0.4, -0.2) is 25.7 Å². The Morgan fingerprint density at radius 3 is 2.48 bits per heavy atom. The molecule has 8 heteroatoms. The van der Waals surface area contributed by atoms with Crippen LogP contribution in [0.4, 0.5) is 5.69 Å². The predicted molar refractivity (Wildman–Crippen MR) is 81.6 cm³/mol. The van der Waals surface area contributed by atoms with Crippen molar-refractivity contribution in [3.8, 4) is 5.75 Å². The molecule has 1 aromatic heterocycles. The second kappa shape index (κ2) is 5.57. The number of nitrogens with zero attached hydrogens (tertiary/aromatic N) is 1. The first-order chi connectivity index (χ1) is 9.76. The lowest BCUT2D eigenvalue weighted by molar-refractivity contribution is 0.415. The van der Waals surface area contributed by atoms with Gasteiger partial charge in [-0.25, -0.2) is 8.42 Å². The number of rotatable bonds is 4. The van der Waals surface area contributed by atoms with Crippen LogP contribution in [0.25, 0.3) is 0 Å². The fourth-order valence-electron chi connectivity index (χ4n) is 2.05. The highest BCUT2D eigenvalue weighted by Crippen LogP contribution is 2.32. The molecule has 0 fully saturated rings. The first kappa shape index (κ1) is 15.7. The molecule has 114 valence electrons. The smallest absolute Gasteiger partial charge is 0.265 e. The van der Waals surface area contributed by atoms with Gasteiger partial charge in [-0.15, -0.1) is 0 Å². The van der Waals surface area contributed by atoms with Gasteiger partial charge in [0.25, 0.3) is 10.0 Å². The lowest BCUT2D eigenvalue weighted by Crippen LogP contribution is -2.15. The van der Waals surface area contributed by atoms with E-state index in [1.165, 1.54) is 13.2 Å². The highest BCUT2D eigenvalue weighted by atomic mass is 35.5. The van der Waals surface area contributed by atoms with E-state index in [4.69, 9.17) is 16.3 Å². The van der Waals surface area contributed by atoms with Crippen LogP contribution in [0.5, 0.6) is 5.75 Å². The second-order valence-electron chi connectivity index (χ2n) is 4.67. The lowest BCUT2D eigenvalue weighted by Gasteiger charge is -2.13. The van der Waals surface area contributed by atoms with Gasteiger partial charge >= 0.3 is 0 Å². The van der Waals surface area contributed by atoms with E-state index in [0.717, 1.165) is 0 Å². The van der Waals surface area contributed by atoms with Crippen LogP contribution in [0.15, 0.2) is 17.0 Å². The molecular weight excluding hydrogens is 314 g/mol. The van der Waals surface area contributed by atoms with Crippen LogP contribution in [0.3, 0.4) is 0 Å². The van der Waals surface area contributed by atoms with E-state index in [0.29, 0.717) is 33.4 Å². The normalized spacial score (nSPS) is 11.5. The highest BCUT2D eigenvalue weighted by molar-refractivity contribution is 7.92. The molecule has 0 saturated carbocycles. The molecule has 0 saturated heterocycles. The maximum atomic E-state index is 12.5. The summed E-state index contributed by atoms with van der Waals surface area (Å²) in [7, 11) is -2.23. The molecule has 0 bridgehead atoms. The Morgan fingerprint density at radius 1 is 1.29 bits per heavy atom. The van der Waals surface area contributed by atoms with Gasteiger partial charge in [-0.1, -0.05) is 11.6 Å². The van der Waals surface area contributed by atoms with E-state index in [-0.39, 0.29) is 4.90 Å². The SMILES string of the molecule is COc1cc(C)c(NS(=O)(=O)c2c(C)n[nH]c2C)cc1Cl. The van der Waals surface area contributed by atoms with Crippen molar-refractivity contribution in [2.45, 2.75) is 25.7 Å². The molecule has 2 N–H and O–H groups in total. The first-order valence-corrected chi connectivity index (χ1v) is 8.01. The van der Waals surface area contributed by atoms with Gasteiger partial charge in [0.2, 0.25) is 0 Å². The summed E-state index contributed by atoms with van der Waals surface area (Å²) in [6.07, 6.45) is 0. The number of sulfonamides is 1. The number of methoxy groups -OCH3 is 1. The van der Waals surface area contributed by atoms with Crippen LogP contribution in [-0.2, 0) is 10.0 Å². The molecule has 1 heterocycles. The molecular formula is C13H16ClN3O3S. The van der Waals surface area contributed by atoms with E-state index < -0.39 is 10.0 Å². The van der Waals surface area contributed by atoms with E-state index in [9.17, 15) is 8.42 Å². The van der Waals surface area contributed by atoms with Crippen LogP contribution in [0.2, 0.25) is 5.02 Å². The van der Waals surface area contributed by atoms with Crippen molar-refractivity contribution in [1.29, 1.82) is 0 Å². The van der Waals surface area contributed by atoms with Crippen molar-refractivity contribution in [3.05, 3.63) is 34.1 Å². The summed E-state index contributed by atoms with van der Waals surface area (Å²) in [5.41, 5.74) is 2.01. The highest BCUT2D eigenvalue weighted by Gasteiger charge is 2.23. The molecule has 0 amide bonds. The summed E-state index contributed by atoms with van der Waals surface area (Å²) in [4.78, 5) is 0.147. The zero-order chi connectivity index (χ0) is 15.8. The Bertz CT molecular complexity index is 765. The number of aromatic nitrogens is 2. The predicted octanol–water partition coefficient (Wildman–Crippen LogP) is 2.80. The van der Waals surface area contributed by atoms with Crippen molar-refractivity contribution in [3.63, 3.8) is 0 Å². The summed E-state index contributed by atoms with van der Waals surface area (Å²) in [6, 6.07) is 3.20. The average Bonchev–Trinajstić information content (AvgIpc) is 2.73. The van der Waals surface area contributed by atoms with Crippen molar-refractivity contribution < 1.29 is 13.2 Å². The molecule has 1 aromatic carbocycles. The van der Waals surface area contributed by atoms with Gasteiger partial charge in [-0.3, -0.25) is 9.82 Å². The maximum absolute atomic E-state index is 12.5. The van der Waals surface area contributed by atoms with E-state index >= 15 is 0 Å². The lowest BCUT2D eigenvalue weighted by atomic mass is 10.2. The Kier molecular flexibility index (Phi) is 4.15. The molecule has 0 aliphatic rings. The number of aryl methyl sites for hydroxylation is 3. The fraction of sp³-hybridized carbons (Fsp3) is 0.308. The van der Waals surface area contributed by atoms with E-state index in [1.54, 1.807) is 26.8 Å².